The maximum Gasteiger partial charge on any atom is 0.261 e. The van der Waals surface area contributed by atoms with Gasteiger partial charge >= 0.3 is 0 Å². The molecule has 8 heteroatoms. The second-order valence-corrected chi connectivity index (χ2v) is 8.25. The van der Waals surface area contributed by atoms with Crippen LogP contribution in [0.1, 0.15) is 16.6 Å². The van der Waals surface area contributed by atoms with Gasteiger partial charge in [0.05, 0.1) is 9.77 Å². The second-order valence-electron chi connectivity index (χ2n) is 4.99. The summed E-state index contributed by atoms with van der Waals surface area (Å²) < 4.78 is 25.1. The molecule has 1 aromatic heterocycles. The predicted octanol–water partition coefficient (Wildman–Crippen LogP) is 2.33. The van der Waals surface area contributed by atoms with E-state index in [-0.39, 0.29) is 33.3 Å². The molecule has 3 N–H and O–H groups in total. The van der Waals surface area contributed by atoms with Crippen molar-refractivity contribution in [2.45, 2.75) is 16.0 Å². The van der Waals surface area contributed by atoms with E-state index in [4.69, 9.17) is 5.73 Å². The van der Waals surface area contributed by atoms with Gasteiger partial charge < -0.3 is 11.1 Å². The van der Waals surface area contributed by atoms with Crippen LogP contribution in [-0.2, 0) is 9.84 Å². The van der Waals surface area contributed by atoms with Crippen molar-refractivity contribution in [2.24, 2.45) is 11.7 Å². The Labute approximate surface area is 146 Å². The van der Waals surface area contributed by atoms with Crippen molar-refractivity contribution in [2.75, 3.05) is 13.1 Å². The highest BCUT2D eigenvalue weighted by Gasteiger charge is 2.21. The highest BCUT2D eigenvalue weighted by atomic mass is 35.5. The molecule has 23 heavy (non-hydrogen) atoms. The van der Waals surface area contributed by atoms with Gasteiger partial charge in [0.25, 0.3) is 5.91 Å². The first-order chi connectivity index (χ1) is 10.4. The van der Waals surface area contributed by atoms with Crippen LogP contribution in [-0.4, -0.2) is 27.4 Å². The van der Waals surface area contributed by atoms with E-state index in [1.165, 1.54) is 24.3 Å². The van der Waals surface area contributed by atoms with Crippen molar-refractivity contribution in [3.8, 4) is 0 Å². The predicted molar refractivity (Wildman–Crippen MR) is 94.0 cm³/mol. The van der Waals surface area contributed by atoms with Crippen LogP contribution in [0.4, 0.5) is 0 Å². The average Bonchev–Trinajstić information content (AvgIpc) is 3.04. The Morgan fingerprint density at radius 2 is 1.87 bits per heavy atom. The molecule has 0 aliphatic rings. The number of benzene rings is 1. The lowest BCUT2D eigenvalue weighted by Crippen LogP contribution is -2.30. The van der Waals surface area contributed by atoms with Crippen molar-refractivity contribution in [1.29, 1.82) is 0 Å². The smallest absolute Gasteiger partial charge is 0.261 e. The third-order valence-corrected chi connectivity index (χ3v) is 6.48. The van der Waals surface area contributed by atoms with Gasteiger partial charge in [-0.15, -0.1) is 23.7 Å². The van der Waals surface area contributed by atoms with Crippen LogP contribution in [0.25, 0.3) is 0 Å². The molecule has 1 amide bonds. The molecular formula is C15H19ClN2O3S2. The molecule has 126 valence electrons. The third-order valence-electron chi connectivity index (χ3n) is 3.14. The zero-order chi connectivity index (χ0) is 16.2. The van der Waals surface area contributed by atoms with Crippen molar-refractivity contribution < 1.29 is 13.2 Å². The first kappa shape index (κ1) is 19.6. The topological polar surface area (TPSA) is 89.3 Å². The molecule has 0 bridgehead atoms. The summed E-state index contributed by atoms with van der Waals surface area (Å²) in [6.45, 7) is 2.88. The zero-order valence-electron chi connectivity index (χ0n) is 12.6. The van der Waals surface area contributed by atoms with E-state index in [0.29, 0.717) is 18.0 Å². The molecule has 0 saturated carbocycles. The lowest BCUT2D eigenvalue weighted by atomic mass is 10.2. The molecule has 2 aromatic rings. The van der Waals surface area contributed by atoms with E-state index in [1.807, 2.05) is 6.92 Å². The van der Waals surface area contributed by atoms with Gasteiger partial charge in [-0.3, -0.25) is 4.79 Å². The number of sulfone groups is 1. The van der Waals surface area contributed by atoms with Crippen molar-refractivity contribution in [3.63, 3.8) is 0 Å². The van der Waals surface area contributed by atoms with Crippen LogP contribution in [0, 0.1) is 5.92 Å². The van der Waals surface area contributed by atoms with Crippen LogP contribution in [0.15, 0.2) is 51.6 Å². The number of carbonyl (C=O) groups excluding carboxylic acids is 1. The Morgan fingerprint density at radius 3 is 2.48 bits per heavy atom. The number of hydrogen-bond donors (Lipinski definition) is 2. The van der Waals surface area contributed by atoms with Gasteiger partial charge in [0.2, 0.25) is 9.84 Å². The molecule has 5 nitrogen and oxygen atoms in total. The highest BCUT2D eigenvalue weighted by molar-refractivity contribution is 7.93. The Balaban J connectivity index is 0.00000264. The van der Waals surface area contributed by atoms with E-state index < -0.39 is 9.84 Å². The molecule has 0 aliphatic heterocycles. The summed E-state index contributed by atoms with van der Waals surface area (Å²) in [6.07, 6.45) is 0. The largest absolute Gasteiger partial charge is 0.351 e. The van der Waals surface area contributed by atoms with E-state index in [9.17, 15) is 13.2 Å². The standard InChI is InChI=1S/C15H18N2O3S2.ClH/c1-11(9-16)10-17-15(18)13-7-8-14(21-13)22(19,20)12-5-3-2-4-6-12;/h2-8,11H,9-10,16H2,1H3,(H,17,18);1H. The highest BCUT2D eigenvalue weighted by Crippen LogP contribution is 2.27. The molecule has 1 heterocycles. The number of amides is 1. The molecule has 0 spiro atoms. The molecule has 2 rings (SSSR count). The van der Waals surface area contributed by atoms with Gasteiger partial charge in [-0.25, -0.2) is 8.42 Å². The van der Waals surface area contributed by atoms with Crippen LogP contribution < -0.4 is 11.1 Å². The molecule has 0 aliphatic carbocycles. The fourth-order valence-corrected chi connectivity index (χ4v) is 4.39. The normalized spacial score (nSPS) is 12.3. The Kier molecular flexibility index (Phi) is 7.21. The fraction of sp³-hybridized carbons (Fsp3) is 0.267. The number of nitrogens with one attached hydrogen (secondary N) is 1. The van der Waals surface area contributed by atoms with Crippen LogP contribution in [0.2, 0.25) is 0 Å². The minimum atomic E-state index is -3.57. The number of rotatable bonds is 6. The van der Waals surface area contributed by atoms with Gasteiger partial charge in [0, 0.05) is 6.54 Å². The number of hydrogen-bond acceptors (Lipinski definition) is 5. The molecule has 0 radical (unpaired) electrons. The minimum absolute atomic E-state index is 0. The molecule has 1 atom stereocenters. The zero-order valence-corrected chi connectivity index (χ0v) is 15.0. The monoisotopic (exact) mass is 374 g/mol. The van der Waals surface area contributed by atoms with Gasteiger partial charge in [0.1, 0.15) is 4.21 Å². The summed E-state index contributed by atoms with van der Waals surface area (Å²) in [4.78, 5) is 12.6. The average molecular weight is 375 g/mol. The van der Waals surface area contributed by atoms with Crippen molar-refractivity contribution in [3.05, 3.63) is 47.3 Å². The summed E-state index contributed by atoms with van der Waals surface area (Å²) in [5.74, 6) is -0.101. The number of carbonyl (C=O) groups is 1. The van der Waals surface area contributed by atoms with Gasteiger partial charge in [-0.1, -0.05) is 25.1 Å². The second kappa shape index (κ2) is 8.44. The summed E-state index contributed by atoms with van der Waals surface area (Å²) >= 11 is 0.971. The molecular weight excluding hydrogens is 356 g/mol. The summed E-state index contributed by atoms with van der Waals surface area (Å²) in [5.41, 5.74) is 5.49. The Morgan fingerprint density at radius 1 is 1.22 bits per heavy atom. The number of nitrogens with two attached hydrogens (primary N) is 1. The molecule has 1 aromatic carbocycles. The lowest BCUT2D eigenvalue weighted by Gasteiger charge is -2.08. The summed E-state index contributed by atoms with van der Waals surface area (Å²) in [6, 6.07) is 11.2. The number of halogens is 1. The van der Waals surface area contributed by atoms with Gasteiger partial charge in [-0.2, -0.15) is 0 Å². The first-order valence-electron chi connectivity index (χ1n) is 6.83. The van der Waals surface area contributed by atoms with Crippen molar-refractivity contribution in [1.82, 2.24) is 5.32 Å². The van der Waals surface area contributed by atoms with E-state index in [0.717, 1.165) is 11.3 Å². The van der Waals surface area contributed by atoms with Crippen LogP contribution in [0.5, 0.6) is 0 Å². The maximum absolute atomic E-state index is 12.4. The molecule has 1 unspecified atom stereocenters. The van der Waals surface area contributed by atoms with Crippen molar-refractivity contribution >= 4 is 39.5 Å². The van der Waals surface area contributed by atoms with Gasteiger partial charge in [0.15, 0.2) is 0 Å². The minimum Gasteiger partial charge on any atom is -0.351 e. The fourth-order valence-electron chi connectivity index (χ4n) is 1.74. The first-order valence-corrected chi connectivity index (χ1v) is 9.13. The molecule has 0 fully saturated rings. The number of thiophene rings is 1. The Hall–Kier alpha value is -1.41. The Bertz CT molecular complexity index is 745. The quantitative estimate of drug-likeness (QED) is 0.812. The summed E-state index contributed by atoms with van der Waals surface area (Å²) in [7, 11) is -3.57. The van der Waals surface area contributed by atoms with Crippen LogP contribution >= 0.6 is 23.7 Å². The third kappa shape index (κ3) is 4.78. The van der Waals surface area contributed by atoms with E-state index in [2.05, 4.69) is 5.32 Å². The SMILES string of the molecule is CC(CN)CNC(=O)c1ccc(S(=O)(=O)c2ccccc2)s1.Cl. The van der Waals surface area contributed by atoms with E-state index in [1.54, 1.807) is 18.2 Å². The molecule has 0 saturated heterocycles. The van der Waals surface area contributed by atoms with E-state index >= 15 is 0 Å². The lowest BCUT2D eigenvalue weighted by molar-refractivity contribution is 0.0952. The summed E-state index contributed by atoms with van der Waals surface area (Å²) in [5, 5.41) is 2.75. The maximum atomic E-state index is 12.4. The van der Waals surface area contributed by atoms with Gasteiger partial charge in [-0.05, 0) is 36.7 Å². The van der Waals surface area contributed by atoms with Crippen LogP contribution in [0.3, 0.4) is 0 Å².